The fourth-order valence-electron chi connectivity index (χ4n) is 2.57. The number of hydrogen-bond donors (Lipinski definition) is 0. The largest absolute Gasteiger partial charge is 0.455 e. The summed E-state index contributed by atoms with van der Waals surface area (Å²) < 4.78 is 11.7. The highest BCUT2D eigenvalue weighted by Gasteiger charge is 2.18. The van der Waals surface area contributed by atoms with Crippen molar-refractivity contribution in [2.75, 3.05) is 7.11 Å². The molecule has 1 atom stereocenters. The molecule has 0 fully saturated rings. The van der Waals surface area contributed by atoms with Crippen LogP contribution in [0.4, 0.5) is 0 Å². The van der Waals surface area contributed by atoms with Gasteiger partial charge in [0.25, 0.3) is 0 Å². The summed E-state index contributed by atoms with van der Waals surface area (Å²) in [6, 6.07) is 16.5. The second kappa shape index (κ2) is 3.61. The molecular formula is C15H11O2P. The monoisotopic (exact) mass is 254 g/mol. The minimum atomic E-state index is -0.731. The highest BCUT2D eigenvalue weighted by atomic mass is 31.1. The molecule has 0 radical (unpaired) electrons. The van der Waals surface area contributed by atoms with E-state index in [1.807, 2.05) is 24.3 Å². The number of rotatable bonds is 1. The first-order chi connectivity index (χ1) is 8.90. The van der Waals surface area contributed by atoms with Crippen LogP contribution in [0.3, 0.4) is 0 Å². The summed E-state index contributed by atoms with van der Waals surface area (Å²) in [5, 5.41) is 4.84. The lowest BCUT2D eigenvalue weighted by atomic mass is 10.2. The van der Waals surface area contributed by atoms with Gasteiger partial charge in [0.05, 0.1) is 5.12 Å². The molecule has 18 heavy (non-hydrogen) atoms. The van der Waals surface area contributed by atoms with Gasteiger partial charge in [-0.05, 0) is 12.1 Å². The Morgan fingerprint density at radius 1 is 0.944 bits per heavy atom. The maximum Gasteiger partial charge on any atom is 0.149 e. The number of fused-ring (bicyclic) bond motifs is 5. The standard InChI is InChI=1S/C15H11O2P/c1-16-18-13-9-5-3-7-11(13)14-15(18)10-6-2-4-8-12(10)17-14/h2-9H,1H3. The van der Waals surface area contributed by atoms with Crippen molar-refractivity contribution in [1.82, 2.24) is 0 Å². The Hall–Kier alpha value is -1.76. The van der Waals surface area contributed by atoms with E-state index < -0.39 is 7.76 Å². The maximum absolute atomic E-state index is 6.01. The van der Waals surface area contributed by atoms with Crippen molar-refractivity contribution in [3.05, 3.63) is 48.5 Å². The van der Waals surface area contributed by atoms with Crippen molar-refractivity contribution in [2.45, 2.75) is 0 Å². The molecule has 3 heteroatoms. The van der Waals surface area contributed by atoms with Gasteiger partial charge in [-0.25, -0.2) is 0 Å². The highest BCUT2D eigenvalue weighted by molar-refractivity contribution is 7.57. The Labute approximate surface area is 105 Å². The first kappa shape index (κ1) is 10.2. The first-order valence-electron chi connectivity index (χ1n) is 5.85. The fraction of sp³-hybridized carbons (Fsp3) is 0.0667. The average molecular weight is 254 g/mol. The van der Waals surface area contributed by atoms with Crippen molar-refractivity contribution >= 4 is 39.9 Å². The van der Waals surface area contributed by atoms with Gasteiger partial charge in [0.1, 0.15) is 11.2 Å². The molecule has 2 aromatic carbocycles. The zero-order valence-electron chi connectivity index (χ0n) is 9.88. The maximum atomic E-state index is 6.01. The molecule has 0 aliphatic heterocycles. The molecule has 0 aliphatic carbocycles. The normalized spacial score (nSPS) is 12.8. The van der Waals surface area contributed by atoms with Gasteiger partial charge in [0.2, 0.25) is 0 Å². The van der Waals surface area contributed by atoms with Gasteiger partial charge in [-0.1, -0.05) is 36.4 Å². The molecule has 0 bridgehead atoms. The highest BCUT2D eigenvalue weighted by Crippen LogP contribution is 2.51. The van der Waals surface area contributed by atoms with Crippen LogP contribution in [0.15, 0.2) is 52.9 Å². The van der Waals surface area contributed by atoms with E-state index in [0.29, 0.717) is 0 Å². The summed E-state index contributed by atoms with van der Waals surface area (Å²) in [6.45, 7) is 0. The minimum absolute atomic E-state index is 0.731. The zero-order chi connectivity index (χ0) is 12.1. The topological polar surface area (TPSA) is 22.4 Å². The van der Waals surface area contributed by atoms with Crippen molar-refractivity contribution in [3.63, 3.8) is 0 Å². The van der Waals surface area contributed by atoms with Gasteiger partial charge in [0.15, 0.2) is 0 Å². The molecule has 0 saturated heterocycles. The third-order valence-electron chi connectivity index (χ3n) is 3.32. The smallest absolute Gasteiger partial charge is 0.149 e. The van der Waals surface area contributed by atoms with Gasteiger partial charge >= 0.3 is 0 Å². The van der Waals surface area contributed by atoms with Gasteiger partial charge < -0.3 is 8.94 Å². The van der Waals surface area contributed by atoms with Gasteiger partial charge in [-0.3, -0.25) is 0 Å². The zero-order valence-corrected chi connectivity index (χ0v) is 10.8. The summed E-state index contributed by atoms with van der Waals surface area (Å²) >= 11 is 0. The number of para-hydroxylation sites is 1. The van der Waals surface area contributed by atoms with E-state index >= 15 is 0 Å². The van der Waals surface area contributed by atoms with E-state index in [1.54, 1.807) is 7.11 Å². The summed E-state index contributed by atoms with van der Waals surface area (Å²) in [4.78, 5) is 0. The van der Waals surface area contributed by atoms with E-state index in [-0.39, 0.29) is 0 Å². The lowest BCUT2D eigenvalue weighted by Gasteiger charge is -1.97. The fourth-order valence-corrected chi connectivity index (χ4v) is 4.56. The SMILES string of the molecule is COp1c2ccccc2c2oc3ccccc3c21. The molecule has 88 valence electrons. The van der Waals surface area contributed by atoms with Crippen LogP contribution in [-0.2, 0) is 0 Å². The molecule has 4 aromatic rings. The second-order valence-electron chi connectivity index (χ2n) is 4.27. The van der Waals surface area contributed by atoms with Crippen molar-refractivity contribution in [3.8, 4) is 0 Å². The van der Waals surface area contributed by atoms with E-state index in [9.17, 15) is 0 Å². The van der Waals surface area contributed by atoms with E-state index in [0.717, 1.165) is 11.2 Å². The minimum Gasteiger partial charge on any atom is -0.455 e. The van der Waals surface area contributed by atoms with Crippen molar-refractivity contribution in [1.29, 1.82) is 0 Å². The molecule has 1 unspecified atom stereocenters. The lowest BCUT2D eigenvalue weighted by Crippen LogP contribution is -1.74. The lowest BCUT2D eigenvalue weighted by molar-refractivity contribution is 0.559. The molecule has 2 heterocycles. The predicted octanol–water partition coefficient (Wildman–Crippen LogP) is 4.78. The van der Waals surface area contributed by atoms with Crippen LogP contribution < -0.4 is 4.52 Å². The summed E-state index contributed by atoms with van der Waals surface area (Å²) in [6.07, 6.45) is 0. The quantitative estimate of drug-likeness (QED) is 0.487. The van der Waals surface area contributed by atoms with Crippen molar-refractivity contribution in [2.24, 2.45) is 0 Å². The van der Waals surface area contributed by atoms with Crippen LogP contribution in [0.5, 0.6) is 0 Å². The molecule has 0 saturated carbocycles. The van der Waals surface area contributed by atoms with Crippen LogP contribution >= 0.6 is 7.76 Å². The molecule has 2 aromatic heterocycles. The molecular weight excluding hydrogens is 243 g/mol. The first-order valence-corrected chi connectivity index (χ1v) is 7.11. The summed E-state index contributed by atoms with van der Waals surface area (Å²) in [7, 11) is 1.05. The van der Waals surface area contributed by atoms with E-state index in [2.05, 4.69) is 24.3 Å². The van der Waals surface area contributed by atoms with Gasteiger partial charge in [-0.2, -0.15) is 0 Å². The summed E-state index contributed by atoms with van der Waals surface area (Å²) in [5.74, 6) is 0. The van der Waals surface area contributed by atoms with Crippen LogP contribution in [-0.4, -0.2) is 7.11 Å². The molecule has 0 aliphatic rings. The van der Waals surface area contributed by atoms with Crippen LogP contribution in [0.25, 0.3) is 32.2 Å². The Bertz CT molecular complexity index is 864. The van der Waals surface area contributed by atoms with Crippen LogP contribution in [0, 0.1) is 0 Å². The Kier molecular flexibility index (Phi) is 2.05. The predicted molar refractivity (Wildman–Crippen MR) is 76.4 cm³/mol. The Balaban J connectivity index is 2.36. The molecule has 0 amide bonds. The molecule has 0 N–H and O–H groups in total. The van der Waals surface area contributed by atoms with Crippen LogP contribution in [0.2, 0.25) is 0 Å². The Morgan fingerprint density at radius 3 is 2.50 bits per heavy atom. The van der Waals surface area contributed by atoms with Crippen molar-refractivity contribution < 1.29 is 8.94 Å². The van der Waals surface area contributed by atoms with E-state index in [1.165, 1.54) is 21.0 Å². The third kappa shape index (κ3) is 1.17. The third-order valence-corrected chi connectivity index (χ3v) is 5.37. The molecule has 2 nitrogen and oxygen atoms in total. The summed E-state index contributed by atoms with van der Waals surface area (Å²) in [5.41, 5.74) is 1.93. The van der Waals surface area contributed by atoms with Crippen LogP contribution in [0.1, 0.15) is 0 Å². The average Bonchev–Trinajstić information content (AvgIpc) is 2.93. The van der Waals surface area contributed by atoms with E-state index in [4.69, 9.17) is 8.94 Å². The second-order valence-corrected chi connectivity index (χ2v) is 6.15. The van der Waals surface area contributed by atoms with Gasteiger partial charge in [0, 0.05) is 30.8 Å². The number of hydrogen-bond acceptors (Lipinski definition) is 2. The Morgan fingerprint density at radius 2 is 1.67 bits per heavy atom. The molecule has 4 rings (SSSR count). The molecule has 0 spiro atoms. The number of furan rings is 1. The number of benzene rings is 2. The van der Waals surface area contributed by atoms with Gasteiger partial charge in [-0.15, -0.1) is 0 Å².